The van der Waals surface area contributed by atoms with Crippen molar-refractivity contribution in [2.24, 2.45) is 4.99 Å². The molecule has 0 aliphatic carbocycles. The molecule has 0 saturated heterocycles. The average molecular weight is 510 g/mol. The van der Waals surface area contributed by atoms with Gasteiger partial charge in [-0.05, 0) is 77.0 Å². The predicted molar refractivity (Wildman–Crippen MR) is 126 cm³/mol. The van der Waals surface area contributed by atoms with Crippen LogP contribution in [0.4, 0.5) is 11.4 Å². The number of fused-ring (bicyclic) bond motifs is 1. The Balaban J connectivity index is 1.80. The Morgan fingerprint density at radius 1 is 1.03 bits per heavy atom. The van der Waals surface area contributed by atoms with Gasteiger partial charge in [-0.3, -0.25) is 9.79 Å². The third-order valence-electron chi connectivity index (χ3n) is 4.81. The molecule has 4 rings (SSSR count). The van der Waals surface area contributed by atoms with Crippen LogP contribution in [0.5, 0.6) is 0 Å². The maximum absolute atomic E-state index is 13.0. The minimum absolute atomic E-state index is 0.167. The van der Waals surface area contributed by atoms with E-state index in [1.165, 1.54) is 0 Å². The van der Waals surface area contributed by atoms with Gasteiger partial charge in [0.1, 0.15) is 5.92 Å². The number of rotatable bonds is 5. The van der Waals surface area contributed by atoms with Crippen molar-refractivity contribution in [1.29, 1.82) is 0 Å². The normalized spacial score (nSPS) is 15.5. The number of nitrogens with one attached hydrogen (secondary N) is 1. The van der Waals surface area contributed by atoms with Crippen LogP contribution in [0.15, 0.2) is 77.8 Å². The fourth-order valence-electron chi connectivity index (χ4n) is 3.43. The minimum atomic E-state index is -0.571. The second kappa shape index (κ2) is 8.79. The Morgan fingerprint density at radius 3 is 2.47 bits per heavy atom. The van der Waals surface area contributed by atoms with Crippen molar-refractivity contribution in [1.82, 2.24) is 0 Å². The topological polar surface area (TPSA) is 67.8 Å². The largest absolute Gasteiger partial charge is 0.462 e. The molecule has 0 saturated carbocycles. The molecule has 1 aliphatic rings. The molecule has 0 aromatic heterocycles. The maximum atomic E-state index is 13.0. The van der Waals surface area contributed by atoms with E-state index in [1.807, 2.05) is 54.6 Å². The lowest BCUT2D eigenvalue weighted by Crippen LogP contribution is -2.21. The molecule has 1 unspecified atom stereocenters. The highest BCUT2D eigenvalue weighted by Gasteiger charge is 2.35. The monoisotopic (exact) mass is 510 g/mol. The molecular formula is C24H19IN2O3. The first kappa shape index (κ1) is 20.3. The zero-order valence-electron chi connectivity index (χ0n) is 16.3. The summed E-state index contributed by atoms with van der Waals surface area (Å²) >= 11 is 2.25. The van der Waals surface area contributed by atoms with Gasteiger partial charge in [0, 0.05) is 9.26 Å². The van der Waals surface area contributed by atoms with Crippen LogP contribution >= 0.6 is 22.6 Å². The van der Waals surface area contributed by atoms with Crippen LogP contribution in [0.1, 0.15) is 34.3 Å². The molecule has 1 amide bonds. The van der Waals surface area contributed by atoms with E-state index in [0.29, 0.717) is 23.6 Å². The summed E-state index contributed by atoms with van der Waals surface area (Å²) in [6, 6.07) is 22.7. The number of hydrogen-bond acceptors (Lipinski definition) is 4. The summed E-state index contributed by atoms with van der Waals surface area (Å²) in [4.78, 5) is 29.9. The number of anilines is 1. The van der Waals surface area contributed by atoms with Gasteiger partial charge in [0.25, 0.3) is 0 Å². The van der Waals surface area contributed by atoms with Gasteiger partial charge in [-0.25, -0.2) is 4.79 Å². The molecule has 0 spiro atoms. The summed E-state index contributed by atoms with van der Waals surface area (Å²) < 4.78 is 6.18. The highest BCUT2D eigenvalue weighted by Crippen LogP contribution is 2.37. The van der Waals surface area contributed by atoms with Crippen LogP contribution in [0.25, 0.3) is 0 Å². The second-order valence-corrected chi connectivity index (χ2v) is 8.03. The van der Waals surface area contributed by atoms with Gasteiger partial charge >= 0.3 is 5.97 Å². The first-order valence-electron chi connectivity index (χ1n) is 9.58. The number of carbonyl (C=O) groups is 2. The standard InChI is InChI=1S/C24H19IN2O3/c1-2-30-24(29)16-8-13-19-20(14-16)27-23(28)21(19)22(15-6-4-3-5-7-15)26-18-11-9-17(25)10-12-18/h3-14,21H,2H2,1H3,(H,27,28). The number of esters is 1. The highest BCUT2D eigenvalue weighted by atomic mass is 127. The number of halogens is 1. The second-order valence-electron chi connectivity index (χ2n) is 6.78. The Morgan fingerprint density at radius 2 is 1.77 bits per heavy atom. The molecule has 0 bridgehead atoms. The van der Waals surface area contributed by atoms with Gasteiger partial charge in [0.05, 0.1) is 23.6 Å². The van der Waals surface area contributed by atoms with Crippen LogP contribution in [0.3, 0.4) is 0 Å². The van der Waals surface area contributed by atoms with E-state index in [1.54, 1.807) is 25.1 Å². The summed E-state index contributed by atoms with van der Waals surface area (Å²) in [6.07, 6.45) is 0. The Hall–Kier alpha value is -3.00. The quantitative estimate of drug-likeness (QED) is 0.287. The van der Waals surface area contributed by atoms with Crippen LogP contribution in [-0.2, 0) is 9.53 Å². The molecule has 1 heterocycles. The van der Waals surface area contributed by atoms with E-state index < -0.39 is 11.9 Å². The molecule has 30 heavy (non-hydrogen) atoms. The lowest BCUT2D eigenvalue weighted by atomic mass is 9.90. The van der Waals surface area contributed by atoms with Crippen LogP contribution in [0, 0.1) is 3.57 Å². The van der Waals surface area contributed by atoms with E-state index in [9.17, 15) is 9.59 Å². The first-order chi connectivity index (χ1) is 14.6. The maximum Gasteiger partial charge on any atom is 0.338 e. The Kier molecular flexibility index (Phi) is 5.94. The van der Waals surface area contributed by atoms with E-state index in [4.69, 9.17) is 9.73 Å². The molecule has 1 N–H and O–H groups in total. The van der Waals surface area contributed by atoms with Gasteiger partial charge in [-0.1, -0.05) is 36.4 Å². The molecule has 0 fully saturated rings. The number of amides is 1. The molecule has 1 atom stereocenters. The average Bonchev–Trinajstić information content (AvgIpc) is 3.09. The van der Waals surface area contributed by atoms with Crippen molar-refractivity contribution in [3.63, 3.8) is 0 Å². The molecule has 1 aliphatic heterocycles. The van der Waals surface area contributed by atoms with Gasteiger partial charge < -0.3 is 10.1 Å². The number of benzene rings is 3. The molecular weight excluding hydrogens is 491 g/mol. The van der Waals surface area contributed by atoms with E-state index in [-0.39, 0.29) is 5.91 Å². The minimum Gasteiger partial charge on any atom is -0.462 e. The zero-order valence-corrected chi connectivity index (χ0v) is 18.4. The molecule has 5 nitrogen and oxygen atoms in total. The molecule has 3 aromatic rings. The van der Waals surface area contributed by atoms with Crippen molar-refractivity contribution in [2.75, 3.05) is 11.9 Å². The summed E-state index contributed by atoms with van der Waals surface area (Å²) in [5.41, 5.74) is 4.13. The Bertz CT molecular complexity index is 1120. The smallest absolute Gasteiger partial charge is 0.338 e. The summed E-state index contributed by atoms with van der Waals surface area (Å²) in [5, 5.41) is 2.90. The van der Waals surface area contributed by atoms with E-state index >= 15 is 0 Å². The zero-order chi connectivity index (χ0) is 21.1. The molecule has 150 valence electrons. The van der Waals surface area contributed by atoms with Crippen molar-refractivity contribution in [2.45, 2.75) is 12.8 Å². The van der Waals surface area contributed by atoms with E-state index in [0.717, 1.165) is 20.4 Å². The number of nitrogens with zero attached hydrogens (tertiary/aromatic N) is 1. The lowest BCUT2D eigenvalue weighted by Gasteiger charge is -2.14. The fraction of sp³-hybridized carbons (Fsp3) is 0.125. The number of carbonyl (C=O) groups excluding carboxylic acids is 2. The first-order valence-corrected chi connectivity index (χ1v) is 10.7. The van der Waals surface area contributed by atoms with Crippen molar-refractivity contribution < 1.29 is 14.3 Å². The third kappa shape index (κ3) is 4.14. The molecule has 6 heteroatoms. The van der Waals surface area contributed by atoms with Crippen molar-refractivity contribution in [3.05, 3.63) is 93.1 Å². The van der Waals surface area contributed by atoms with Gasteiger partial charge in [-0.15, -0.1) is 0 Å². The number of hydrogen-bond donors (Lipinski definition) is 1. The van der Waals surface area contributed by atoms with Gasteiger partial charge in [-0.2, -0.15) is 0 Å². The summed E-state index contributed by atoms with van der Waals surface area (Å²) in [7, 11) is 0. The fourth-order valence-corrected chi connectivity index (χ4v) is 3.79. The molecule has 3 aromatic carbocycles. The van der Waals surface area contributed by atoms with Crippen LogP contribution in [-0.4, -0.2) is 24.2 Å². The summed E-state index contributed by atoms with van der Waals surface area (Å²) in [5.74, 6) is -1.15. The lowest BCUT2D eigenvalue weighted by molar-refractivity contribution is -0.115. The highest BCUT2D eigenvalue weighted by molar-refractivity contribution is 14.1. The van der Waals surface area contributed by atoms with Crippen LogP contribution < -0.4 is 5.32 Å². The van der Waals surface area contributed by atoms with Crippen LogP contribution in [0.2, 0.25) is 0 Å². The van der Waals surface area contributed by atoms with E-state index in [2.05, 4.69) is 27.9 Å². The van der Waals surface area contributed by atoms with Gasteiger partial charge in [0.2, 0.25) is 5.91 Å². The summed E-state index contributed by atoms with van der Waals surface area (Å²) in [6.45, 7) is 2.06. The molecule has 0 radical (unpaired) electrons. The van der Waals surface area contributed by atoms with Crippen molar-refractivity contribution >= 4 is 51.6 Å². The van der Waals surface area contributed by atoms with Crippen molar-refractivity contribution in [3.8, 4) is 0 Å². The van der Waals surface area contributed by atoms with Gasteiger partial charge in [0.15, 0.2) is 0 Å². The Labute approximate surface area is 188 Å². The number of aliphatic imine (C=N–C) groups is 1. The third-order valence-corrected chi connectivity index (χ3v) is 5.53. The SMILES string of the molecule is CCOC(=O)c1ccc2c(c1)NC(=O)C2C(=Nc1ccc(I)cc1)c1ccccc1. The predicted octanol–water partition coefficient (Wildman–Crippen LogP) is 5.32. The number of ether oxygens (including phenoxy) is 1.